The van der Waals surface area contributed by atoms with Crippen molar-refractivity contribution in [3.63, 3.8) is 0 Å². The number of hydrogen-bond donors (Lipinski definition) is 1. The van der Waals surface area contributed by atoms with Gasteiger partial charge in [-0.15, -0.1) is 0 Å². The first-order valence-corrected chi connectivity index (χ1v) is 8.35. The van der Waals surface area contributed by atoms with E-state index < -0.39 is 0 Å². The van der Waals surface area contributed by atoms with E-state index in [9.17, 15) is 5.26 Å². The minimum absolute atomic E-state index is 0.118. The first kappa shape index (κ1) is 18.7. The summed E-state index contributed by atoms with van der Waals surface area (Å²) in [6, 6.07) is 10.4. The highest BCUT2D eigenvalue weighted by Gasteiger charge is 2.23. The summed E-state index contributed by atoms with van der Waals surface area (Å²) in [7, 11) is 0. The van der Waals surface area contributed by atoms with Gasteiger partial charge in [0, 0.05) is 5.41 Å². The Bertz CT molecular complexity index is 809. The number of nitrogens with one attached hydrogen (secondary N) is 1. The SMILES string of the molecule is CC(=NNc1oc(C(C)(C)C)nc1C#N)c1ccc(C(C)(C)C)cc1. The maximum absolute atomic E-state index is 9.23. The average molecular weight is 338 g/mol. The fourth-order valence-electron chi connectivity index (χ4n) is 2.20. The van der Waals surface area contributed by atoms with Gasteiger partial charge in [0.1, 0.15) is 6.07 Å². The number of nitrogens with zero attached hydrogens (tertiary/aromatic N) is 3. The van der Waals surface area contributed by atoms with Gasteiger partial charge < -0.3 is 4.42 Å². The molecular formula is C20H26N4O. The number of oxazole rings is 1. The zero-order valence-corrected chi connectivity index (χ0v) is 16.1. The maximum Gasteiger partial charge on any atom is 0.252 e. The lowest BCUT2D eigenvalue weighted by molar-refractivity contribution is 0.399. The fraction of sp³-hybridized carbons (Fsp3) is 0.450. The number of anilines is 1. The lowest BCUT2D eigenvalue weighted by Crippen LogP contribution is -2.11. The molecule has 0 atom stereocenters. The van der Waals surface area contributed by atoms with Gasteiger partial charge in [0.05, 0.1) is 5.71 Å². The Kier molecular flexibility index (Phi) is 5.03. The molecule has 2 rings (SSSR count). The Morgan fingerprint density at radius 1 is 1.08 bits per heavy atom. The van der Waals surface area contributed by atoms with Crippen molar-refractivity contribution in [2.24, 2.45) is 5.10 Å². The van der Waals surface area contributed by atoms with E-state index in [-0.39, 0.29) is 22.4 Å². The normalized spacial score (nSPS) is 12.8. The second-order valence-electron chi connectivity index (χ2n) is 8.19. The number of aromatic nitrogens is 1. The molecule has 132 valence electrons. The molecule has 0 saturated heterocycles. The third kappa shape index (κ3) is 4.48. The summed E-state index contributed by atoms with van der Waals surface area (Å²) in [5.74, 6) is 0.784. The number of nitriles is 1. The number of hydrazone groups is 1. The van der Waals surface area contributed by atoms with E-state index in [0.29, 0.717) is 5.89 Å². The van der Waals surface area contributed by atoms with Crippen molar-refractivity contribution in [2.75, 3.05) is 5.43 Å². The Hall–Kier alpha value is -2.61. The van der Waals surface area contributed by atoms with E-state index in [1.807, 2.05) is 45.9 Å². The van der Waals surface area contributed by atoms with Crippen LogP contribution in [0.4, 0.5) is 5.88 Å². The minimum Gasteiger partial charge on any atom is -0.421 e. The molecule has 0 radical (unpaired) electrons. The van der Waals surface area contributed by atoms with Gasteiger partial charge in [-0.1, -0.05) is 65.8 Å². The molecule has 0 unspecified atom stereocenters. The van der Waals surface area contributed by atoms with Gasteiger partial charge in [-0.2, -0.15) is 15.3 Å². The largest absolute Gasteiger partial charge is 0.421 e. The highest BCUT2D eigenvalue weighted by Crippen LogP contribution is 2.27. The zero-order chi connectivity index (χ0) is 18.8. The minimum atomic E-state index is -0.271. The third-order valence-corrected chi connectivity index (χ3v) is 3.87. The second-order valence-corrected chi connectivity index (χ2v) is 8.19. The molecule has 1 N–H and O–H groups in total. The Morgan fingerprint density at radius 3 is 2.16 bits per heavy atom. The summed E-state index contributed by atoms with van der Waals surface area (Å²) in [5, 5.41) is 13.6. The van der Waals surface area contributed by atoms with Gasteiger partial charge in [0.15, 0.2) is 0 Å². The van der Waals surface area contributed by atoms with Crippen LogP contribution in [0.1, 0.15) is 71.2 Å². The van der Waals surface area contributed by atoms with Crippen LogP contribution in [-0.4, -0.2) is 10.7 Å². The van der Waals surface area contributed by atoms with Crippen molar-refractivity contribution in [1.29, 1.82) is 5.26 Å². The molecule has 1 aromatic carbocycles. The van der Waals surface area contributed by atoms with Gasteiger partial charge in [0.2, 0.25) is 11.6 Å². The molecule has 1 aromatic heterocycles. The van der Waals surface area contributed by atoms with Gasteiger partial charge in [-0.05, 0) is 23.5 Å². The number of rotatable bonds is 3. The van der Waals surface area contributed by atoms with Gasteiger partial charge in [0.25, 0.3) is 5.88 Å². The highest BCUT2D eigenvalue weighted by atomic mass is 16.4. The molecule has 2 aromatic rings. The summed E-state index contributed by atoms with van der Waals surface area (Å²) >= 11 is 0. The molecule has 0 fully saturated rings. The van der Waals surface area contributed by atoms with Gasteiger partial charge >= 0.3 is 0 Å². The maximum atomic E-state index is 9.23. The molecule has 0 aliphatic carbocycles. The monoisotopic (exact) mass is 338 g/mol. The van der Waals surface area contributed by atoms with Crippen molar-refractivity contribution in [1.82, 2.24) is 4.98 Å². The van der Waals surface area contributed by atoms with Crippen LogP contribution in [0, 0.1) is 11.3 Å². The summed E-state index contributed by atoms with van der Waals surface area (Å²) < 4.78 is 5.67. The van der Waals surface area contributed by atoms with Crippen LogP contribution in [0.25, 0.3) is 0 Å². The topological polar surface area (TPSA) is 74.2 Å². The van der Waals surface area contributed by atoms with Crippen molar-refractivity contribution >= 4 is 11.6 Å². The summed E-state index contributed by atoms with van der Waals surface area (Å²) in [4.78, 5) is 4.23. The van der Waals surface area contributed by atoms with Crippen molar-refractivity contribution < 1.29 is 4.42 Å². The van der Waals surface area contributed by atoms with E-state index in [0.717, 1.165) is 11.3 Å². The van der Waals surface area contributed by atoms with Crippen LogP contribution in [0.3, 0.4) is 0 Å². The average Bonchev–Trinajstić information content (AvgIpc) is 2.95. The molecule has 0 bridgehead atoms. The van der Waals surface area contributed by atoms with Crippen LogP contribution in [0.2, 0.25) is 0 Å². The van der Waals surface area contributed by atoms with Crippen LogP contribution in [-0.2, 0) is 10.8 Å². The van der Waals surface area contributed by atoms with E-state index in [4.69, 9.17) is 4.42 Å². The summed E-state index contributed by atoms with van der Waals surface area (Å²) in [5.41, 5.74) is 5.98. The van der Waals surface area contributed by atoms with E-state index >= 15 is 0 Å². The van der Waals surface area contributed by atoms with Crippen LogP contribution < -0.4 is 5.43 Å². The number of benzene rings is 1. The first-order valence-electron chi connectivity index (χ1n) is 8.35. The molecule has 0 aliphatic heterocycles. The van der Waals surface area contributed by atoms with E-state index in [1.165, 1.54) is 5.56 Å². The lowest BCUT2D eigenvalue weighted by Gasteiger charge is -2.19. The predicted octanol–water partition coefficient (Wildman–Crippen LogP) is 4.98. The molecule has 0 aliphatic rings. The summed E-state index contributed by atoms with van der Waals surface area (Å²) in [6.07, 6.45) is 0. The second kappa shape index (κ2) is 6.72. The van der Waals surface area contributed by atoms with Crippen molar-refractivity contribution in [3.8, 4) is 6.07 Å². The Morgan fingerprint density at radius 2 is 1.68 bits per heavy atom. The highest BCUT2D eigenvalue weighted by molar-refractivity contribution is 5.99. The third-order valence-electron chi connectivity index (χ3n) is 3.87. The standard InChI is InChI=1S/C20H26N4O/c1-13(14-8-10-15(11-9-14)19(2,3)4)23-24-17-16(12-21)22-18(25-17)20(5,6)7/h8-11,24H,1-7H3. The molecule has 0 saturated carbocycles. The molecule has 5 nitrogen and oxygen atoms in total. The quantitative estimate of drug-likeness (QED) is 0.633. The molecule has 5 heteroatoms. The van der Waals surface area contributed by atoms with Crippen molar-refractivity contribution in [3.05, 3.63) is 47.0 Å². The van der Waals surface area contributed by atoms with Crippen LogP contribution in [0.15, 0.2) is 33.8 Å². The Balaban J connectivity index is 2.22. The molecule has 1 heterocycles. The first-order chi connectivity index (χ1) is 11.5. The molecule has 25 heavy (non-hydrogen) atoms. The lowest BCUT2D eigenvalue weighted by atomic mass is 9.86. The molecule has 0 spiro atoms. The van der Waals surface area contributed by atoms with Gasteiger partial charge in [-0.3, -0.25) is 0 Å². The van der Waals surface area contributed by atoms with Gasteiger partial charge in [-0.25, -0.2) is 5.43 Å². The van der Waals surface area contributed by atoms with E-state index in [1.54, 1.807) is 0 Å². The molecule has 0 amide bonds. The van der Waals surface area contributed by atoms with Crippen LogP contribution >= 0.6 is 0 Å². The van der Waals surface area contributed by atoms with Crippen molar-refractivity contribution in [2.45, 2.75) is 59.3 Å². The fourth-order valence-corrected chi connectivity index (χ4v) is 2.20. The van der Waals surface area contributed by atoms with E-state index in [2.05, 4.69) is 48.4 Å². The Labute approximate surface area is 149 Å². The zero-order valence-electron chi connectivity index (χ0n) is 16.1. The van der Waals surface area contributed by atoms with Crippen LogP contribution in [0.5, 0.6) is 0 Å². The predicted molar refractivity (Wildman–Crippen MR) is 101 cm³/mol. The summed E-state index contributed by atoms with van der Waals surface area (Å²) in [6.45, 7) is 14.4. The number of hydrogen-bond acceptors (Lipinski definition) is 5. The molecular weight excluding hydrogens is 312 g/mol. The smallest absolute Gasteiger partial charge is 0.252 e.